The van der Waals surface area contributed by atoms with Gasteiger partial charge in [-0.25, -0.2) is 13.1 Å². The molecule has 0 aromatic heterocycles. The number of hydrogen-bond acceptors (Lipinski definition) is 4. The number of sulfonamides is 1. The summed E-state index contributed by atoms with van der Waals surface area (Å²) in [6, 6.07) is -1.47. The minimum Gasteiger partial charge on any atom is -0.357 e. The van der Waals surface area contributed by atoms with Gasteiger partial charge in [-0.1, -0.05) is 6.42 Å². The normalized spacial score (nSPS) is 20.7. The number of alkyl halides is 3. The largest absolute Gasteiger partial charge is 0.403 e. The highest BCUT2D eigenvalue weighted by Crippen LogP contribution is 2.26. The first-order valence-corrected chi connectivity index (χ1v) is 11.6. The van der Waals surface area contributed by atoms with Gasteiger partial charge in [0.25, 0.3) is 0 Å². The van der Waals surface area contributed by atoms with Crippen LogP contribution in [0.25, 0.3) is 0 Å². The Morgan fingerprint density at radius 2 is 1.83 bits per heavy atom. The van der Waals surface area contributed by atoms with Crippen molar-refractivity contribution >= 4 is 40.0 Å². The quantitative estimate of drug-likeness (QED) is 0.272. The number of guanidine groups is 1. The molecule has 172 valence electrons. The smallest absolute Gasteiger partial charge is 0.357 e. The van der Waals surface area contributed by atoms with Crippen molar-refractivity contribution in [1.29, 1.82) is 0 Å². The van der Waals surface area contributed by atoms with Crippen molar-refractivity contribution in [2.75, 3.05) is 51.6 Å². The van der Waals surface area contributed by atoms with Crippen LogP contribution in [0.5, 0.6) is 0 Å². The molecular formula is C17H33F3IN5O2S. The van der Waals surface area contributed by atoms with Crippen molar-refractivity contribution in [3.8, 4) is 0 Å². The lowest BCUT2D eigenvalue weighted by molar-refractivity contribution is -0.181. The second-order valence-corrected chi connectivity index (χ2v) is 9.37. The predicted octanol–water partition coefficient (Wildman–Crippen LogP) is 1.86. The Morgan fingerprint density at radius 3 is 2.31 bits per heavy atom. The van der Waals surface area contributed by atoms with Crippen molar-refractivity contribution in [3.05, 3.63) is 0 Å². The second kappa shape index (κ2) is 11.9. The number of hydrogen-bond donors (Lipinski definition) is 2. The number of halogens is 4. The summed E-state index contributed by atoms with van der Waals surface area (Å²) in [4.78, 5) is 7.67. The average Bonchev–Trinajstić information content (AvgIpc) is 2.58. The summed E-state index contributed by atoms with van der Waals surface area (Å²) in [5.74, 6) is 0.904. The first kappa shape index (κ1) is 26.7. The van der Waals surface area contributed by atoms with E-state index in [0.29, 0.717) is 38.1 Å². The third-order valence-electron chi connectivity index (χ3n) is 5.41. The topological polar surface area (TPSA) is 77.0 Å². The Bertz CT molecular complexity index is 621. The molecule has 1 unspecified atom stereocenters. The molecule has 12 heteroatoms. The molecule has 2 N–H and O–H groups in total. The molecule has 29 heavy (non-hydrogen) atoms. The highest BCUT2D eigenvalue weighted by molar-refractivity contribution is 14.0. The lowest BCUT2D eigenvalue weighted by Gasteiger charge is -2.39. The fourth-order valence-corrected chi connectivity index (χ4v) is 4.21. The maximum atomic E-state index is 12.9. The number of piperazine rings is 1. The Balaban J connectivity index is 0.00000420. The summed E-state index contributed by atoms with van der Waals surface area (Å²) in [7, 11) is -3.37. The van der Waals surface area contributed by atoms with Crippen LogP contribution < -0.4 is 10.0 Å². The van der Waals surface area contributed by atoms with Gasteiger partial charge in [-0.05, 0) is 32.6 Å². The van der Waals surface area contributed by atoms with Crippen molar-refractivity contribution in [1.82, 2.24) is 19.8 Å². The van der Waals surface area contributed by atoms with Crippen molar-refractivity contribution in [3.63, 3.8) is 0 Å². The minimum absolute atomic E-state index is 0. The summed E-state index contributed by atoms with van der Waals surface area (Å²) in [5.41, 5.74) is 0. The standard InChI is InChI=1S/C17H32F3N5O2S.HI/c1-3-21-16(22-7-12-28(26,27)23-13-15-5-4-6-15)25-10-8-24(9-11-25)14(2)17(18,19)20;/h14-15,23H,3-13H2,1-2H3,(H,21,22);1H. The highest BCUT2D eigenvalue weighted by atomic mass is 127. The predicted molar refractivity (Wildman–Crippen MR) is 119 cm³/mol. The van der Waals surface area contributed by atoms with E-state index >= 15 is 0 Å². The molecule has 1 atom stereocenters. The van der Waals surface area contributed by atoms with E-state index in [0.717, 1.165) is 19.3 Å². The maximum absolute atomic E-state index is 12.9. The fourth-order valence-electron chi connectivity index (χ4n) is 3.24. The van der Waals surface area contributed by atoms with Gasteiger partial charge in [0, 0.05) is 39.3 Å². The van der Waals surface area contributed by atoms with Crippen LogP contribution in [0.2, 0.25) is 0 Å². The van der Waals surface area contributed by atoms with Crippen LogP contribution in [-0.4, -0.2) is 88.0 Å². The molecule has 1 aliphatic carbocycles. The molecule has 1 aliphatic heterocycles. The Kier molecular flexibility index (Phi) is 10.9. The molecule has 1 saturated heterocycles. The first-order chi connectivity index (χ1) is 13.1. The van der Waals surface area contributed by atoms with Crippen LogP contribution in [0.3, 0.4) is 0 Å². The molecule has 2 aliphatic rings. The van der Waals surface area contributed by atoms with E-state index in [1.807, 2.05) is 11.8 Å². The molecule has 0 spiro atoms. The molecule has 2 fully saturated rings. The lowest BCUT2D eigenvalue weighted by Crippen LogP contribution is -2.56. The van der Waals surface area contributed by atoms with Crippen LogP contribution in [-0.2, 0) is 10.0 Å². The highest BCUT2D eigenvalue weighted by Gasteiger charge is 2.41. The molecule has 0 aromatic carbocycles. The Hall–Kier alpha value is -0.340. The van der Waals surface area contributed by atoms with Crippen LogP contribution in [0.4, 0.5) is 13.2 Å². The molecule has 7 nitrogen and oxygen atoms in total. The van der Waals surface area contributed by atoms with Gasteiger partial charge in [-0.2, -0.15) is 13.2 Å². The SMILES string of the molecule is CCNC(=NCCS(=O)(=O)NCC1CCC1)N1CCN(C(C)C(F)(F)F)CC1.I. The average molecular weight is 555 g/mol. The summed E-state index contributed by atoms with van der Waals surface area (Å²) in [6.45, 7) is 5.68. The summed E-state index contributed by atoms with van der Waals surface area (Å²) < 4.78 is 65.4. The van der Waals surface area contributed by atoms with E-state index in [1.54, 1.807) is 0 Å². The van der Waals surface area contributed by atoms with Crippen molar-refractivity contribution in [2.45, 2.75) is 45.3 Å². The Morgan fingerprint density at radius 1 is 1.21 bits per heavy atom. The molecule has 2 rings (SSSR count). The maximum Gasteiger partial charge on any atom is 0.403 e. The molecule has 0 amide bonds. The van der Waals surface area contributed by atoms with Crippen LogP contribution in [0.1, 0.15) is 33.1 Å². The van der Waals surface area contributed by atoms with E-state index in [2.05, 4.69) is 15.0 Å². The van der Waals surface area contributed by atoms with Gasteiger partial charge in [0.15, 0.2) is 5.96 Å². The number of nitrogens with zero attached hydrogens (tertiary/aromatic N) is 3. The van der Waals surface area contributed by atoms with Gasteiger partial charge in [0.1, 0.15) is 6.04 Å². The number of aliphatic imine (C=N–C) groups is 1. The van der Waals surface area contributed by atoms with Crippen molar-refractivity contribution < 1.29 is 21.6 Å². The van der Waals surface area contributed by atoms with E-state index in [1.165, 1.54) is 11.8 Å². The van der Waals surface area contributed by atoms with Gasteiger partial charge in [0.2, 0.25) is 10.0 Å². The molecule has 0 radical (unpaired) electrons. The number of rotatable bonds is 8. The van der Waals surface area contributed by atoms with Gasteiger partial charge in [0.05, 0.1) is 12.3 Å². The van der Waals surface area contributed by atoms with E-state index in [-0.39, 0.29) is 49.4 Å². The molecule has 1 saturated carbocycles. The molecule has 0 bridgehead atoms. The molecular weight excluding hydrogens is 522 g/mol. The van der Waals surface area contributed by atoms with Crippen LogP contribution >= 0.6 is 24.0 Å². The third-order valence-corrected chi connectivity index (χ3v) is 6.73. The summed E-state index contributed by atoms with van der Waals surface area (Å²) in [6.07, 6.45) is -0.923. The van der Waals surface area contributed by atoms with E-state index in [9.17, 15) is 21.6 Å². The van der Waals surface area contributed by atoms with Gasteiger partial charge in [-0.3, -0.25) is 9.89 Å². The zero-order valence-corrected chi connectivity index (χ0v) is 20.2. The van der Waals surface area contributed by atoms with Crippen LogP contribution in [0.15, 0.2) is 4.99 Å². The number of nitrogens with one attached hydrogen (secondary N) is 2. The summed E-state index contributed by atoms with van der Waals surface area (Å²) in [5, 5.41) is 3.10. The first-order valence-electron chi connectivity index (χ1n) is 9.93. The van der Waals surface area contributed by atoms with Gasteiger partial charge in [-0.15, -0.1) is 24.0 Å². The summed E-state index contributed by atoms with van der Waals surface area (Å²) >= 11 is 0. The van der Waals surface area contributed by atoms with E-state index < -0.39 is 22.2 Å². The minimum atomic E-state index is -4.23. The monoisotopic (exact) mass is 555 g/mol. The van der Waals surface area contributed by atoms with Gasteiger partial charge < -0.3 is 10.2 Å². The Labute approximate surface area is 188 Å². The van der Waals surface area contributed by atoms with E-state index in [4.69, 9.17) is 0 Å². The third kappa shape index (κ3) is 8.74. The fraction of sp³-hybridized carbons (Fsp3) is 0.941. The van der Waals surface area contributed by atoms with Gasteiger partial charge >= 0.3 is 6.18 Å². The van der Waals surface area contributed by atoms with Crippen LogP contribution in [0, 0.1) is 5.92 Å². The molecule has 0 aromatic rings. The zero-order chi connectivity index (χ0) is 20.8. The van der Waals surface area contributed by atoms with Crippen molar-refractivity contribution in [2.24, 2.45) is 10.9 Å². The second-order valence-electron chi connectivity index (χ2n) is 7.44. The molecule has 1 heterocycles. The lowest BCUT2D eigenvalue weighted by atomic mass is 9.86. The zero-order valence-electron chi connectivity index (χ0n) is 17.0.